The number of allylic oxidation sites excluding steroid dienone is 4. The highest BCUT2D eigenvalue weighted by atomic mass is 31.2. The number of quaternary nitrogens is 1. The molecule has 0 aliphatic carbocycles. The van der Waals surface area contributed by atoms with Crippen molar-refractivity contribution in [3.05, 3.63) is 24.3 Å². The standard InChI is InChI=1S/C43H82NO8P/c1-6-8-10-12-14-16-18-20-22-24-25-27-29-31-33-35-42(45)49-39-41(40-51-53(47,48)50-38-37-44(3,4)5)52-43(46)36-34-32-30-28-26-23-21-19-17-15-13-11-9-7-2/h20-23,41H,6-19,24-40H2,1-5H3/p+1/b22-20+,23-21-. The highest BCUT2D eigenvalue weighted by molar-refractivity contribution is 7.47. The van der Waals surface area contributed by atoms with Gasteiger partial charge >= 0.3 is 19.8 Å². The molecule has 0 aromatic carbocycles. The molecule has 0 fully saturated rings. The van der Waals surface area contributed by atoms with Crippen LogP contribution in [-0.4, -0.2) is 74.9 Å². The van der Waals surface area contributed by atoms with Crippen LogP contribution in [0.2, 0.25) is 0 Å². The van der Waals surface area contributed by atoms with E-state index in [1.165, 1.54) is 83.5 Å². The van der Waals surface area contributed by atoms with Crippen LogP contribution in [0.5, 0.6) is 0 Å². The third kappa shape index (κ3) is 40.0. The molecule has 0 bridgehead atoms. The first-order chi connectivity index (χ1) is 25.5. The lowest BCUT2D eigenvalue weighted by Gasteiger charge is -2.24. The van der Waals surface area contributed by atoms with E-state index in [2.05, 4.69) is 38.2 Å². The molecule has 0 amide bonds. The number of hydrogen-bond donors (Lipinski definition) is 1. The predicted octanol–water partition coefficient (Wildman–Crippen LogP) is 12.0. The first-order valence-corrected chi connectivity index (χ1v) is 23.1. The molecule has 0 saturated carbocycles. The van der Waals surface area contributed by atoms with Gasteiger partial charge in [0.15, 0.2) is 6.10 Å². The summed E-state index contributed by atoms with van der Waals surface area (Å²) in [5.41, 5.74) is 0. The van der Waals surface area contributed by atoms with Crippen LogP contribution >= 0.6 is 7.82 Å². The minimum atomic E-state index is -4.37. The Bertz CT molecular complexity index is 964. The highest BCUT2D eigenvalue weighted by Crippen LogP contribution is 2.43. The molecule has 0 aromatic rings. The predicted molar refractivity (Wildman–Crippen MR) is 220 cm³/mol. The van der Waals surface area contributed by atoms with E-state index in [4.69, 9.17) is 18.5 Å². The van der Waals surface area contributed by atoms with E-state index in [1.54, 1.807) is 0 Å². The molecule has 0 saturated heterocycles. The molecule has 0 spiro atoms. The molecule has 1 N–H and O–H groups in total. The van der Waals surface area contributed by atoms with Crippen LogP contribution in [0, 0.1) is 0 Å². The van der Waals surface area contributed by atoms with Crippen molar-refractivity contribution in [2.45, 2.75) is 193 Å². The topological polar surface area (TPSA) is 108 Å². The van der Waals surface area contributed by atoms with E-state index in [9.17, 15) is 19.0 Å². The summed E-state index contributed by atoms with van der Waals surface area (Å²) in [6.45, 7) is 4.39. The normalized spacial score (nSPS) is 13.8. The van der Waals surface area contributed by atoms with Gasteiger partial charge in [-0.05, 0) is 64.2 Å². The molecule has 0 aliphatic heterocycles. The fourth-order valence-electron chi connectivity index (χ4n) is 5.77. The molecule has 2 unspecified atom stereocenters. The Morgan fingerprint density at radius 1 is 0.566 bits per heavy atom. The average Bonchev–Trinajstić information content (AvgIpc) is 3.10. The van der Waals surface area contributed by atoms with Crippen molar-refractivity contribution in [2.24, 2.45) is 0 Å². The Hall–Kier alpha value is -1.51. The van der Waals surface area contributed by atoms with Crippen molar-refractivity contribution >= 4 is 19.8 Å². The number of unbranched alkanes of at least 4 members (excludes halogenated alkanes) is 21. The number of carbonyl (C=O) groups excluding carboxylic acids is 2. The maximum absolute atomic E-state index is 12.7. The molecule has 53 heavy (non-hydrogen) atoms. The van der Waals surface area contributed by atoms with E-state index < -0.39 is 26.5 Å². The summed E-state index contributed by atoms with van der Waals surface area (Å²) in [5, 5.41) is 0. The third-order valence-corrected chi connectivity index (χ3v) is 10.2. The van der Waals surface area contributed by atoms with Crippen molar-refractivity contribution in [3.8, 4) is 0 Å². The van der Waals surface area contributed by atoms with Gasteiger partial charge in [0.1, 0.15) is 19.8 Å². The maximum atomic E-state index is 12.7. The van der Waals surface area contributed by atoms with E-state index >= 15 is 0 Å². The smallest absolute Gasteiger partial charge is 0.462 e. The Kier molecular flexibility index (Phi) is 35.1. The minimum absolute atomic E-state index is 0.0294. The van der Waals surface area contributed by atoms with Crippen molar-refractivity contribution in [3.63, 3.8) is 0 Å². The fraction of sp³-hybridized carbons (Fsp3) is 0.860. The number of nitrogens with zero attached hydrogens (tertiary/aromatic N) is 1. The molecular weight excluding hydrogens is 689 g/mol. The number of rotatable bonds is 39. The second-order valence-electron chi connectivity index (χ2n) is 15.7. The van der Waals surface area contributed by atoms with Gasteiger partial charge in [0.2, 0.25) is 0 Å². The monoisotopic (exact) mass is 773 g/mol. The molecule has 9 nitrogen and oxygen atoms in total. The quantitative estimate of drug-likeness (QED) is 0.0216. The lowest BCUT2D eigenvalue weighted by molar-refractivity contribution is -0.870. The molecule has 0 aliphatic rings. The Morgan fingerprint density at radius 3 is 1.40 bits per heavy atom. The van der Waals surface area contributed by atoms with Gasteiger partial charge in [-0.2, -0.15) is 0 Å². The Morgan fingerprint density at radius 2 is 0.962 bits per heavy atom. The number of hydrogen-bond acceptors (Lipinski definition) is 7. The molecule has 10 heteroatoms. The summed E-state index contributed by atoms with van der Waals surface area (Å²) in [4.78, 5) is 35.3. The maximum Gasteiger partial charge on any atom is 0.472 e. The Balaban J connectivity index is 4.40. The SMILES string of the molecule is CCCCCCCC/C=C\CCCCCCC(=O)OC(COC(=O)CCCCCCC/C=C/CCCCCCCC)COP(=O)(O)OCC[N+](C)(C)C. The van der Waals surface area contributed by atoms with Crippen LogP contribution in [0.1, 0.15) is 187 Å². The lowest BCUT2D eigenvalue weighted by Crippen LogP contribution is -2.37. The average molecular weight is 773 g/mol. The molecule has 2 atom stereocenters. The zero-order chi connectivity index (χ0) is 39.3. The van der Waals surface area contributed by atoms with Crippen LogP contribution in [0.15, 0.2) is 24.3 Å². The highest BCUT2D eigenvalue weighted by Gasteiger charge is 2.27. The number of phosphoric acid groups is 1. The molecule has 0 aromatic heterocycles. The number of ether oxygens (including phenoxy) is 2. The first kappa shape index (κ1) is 51.5. The van der Waals surface area contributed by atoms with Crippen molar-refractivity contribution < 1.29 is 42.1 Å². The van der Waals surface area contributed by atoms with E-state index in [0.717, 1.165) is 70.6 Å². The summed E-state index contributed by atoms with van der Waals surface area (Å²) in [7, 11) is 1.47. The molecule has 312 valence electrons. The second-order valence-corrected chi connectivity index (χ2v) is 17.2. The number of likely N-dealkylation sites (N-methyl/N-ethyl adjacent to an activating group) is 1. The molecule has 0 heterocycles. The molecule has 0 rings (SSSR count). The second kappa shape index (κ2) is 36.1. The molecular formula is C43H83NO8P+. The van der Waals surface area contributed by atoms with Gasteiger partial charge in [-0.1, -0.05) is 134 Å². The van der Waals surface area contributed by atoms with Gasteiger partial charge in [-0.25, -0.2) is 4.57 Å². The summed E-state index contributed by atoms with van der Waals surface area (Å²) < 4.78 is 34.2. The molecule has 0 radical (unpaired) electrons. The Labute approximate surface area is 326 Å². The van der Waals surface area contributed by atoms with Crippen molar-refractivity contribution in [1.82, 2.24) is 0 Å². The summed E-state index contributed by atoms with van der Waals surface area (Å²) in [6.07, 6.45) is 37.9. The number of phosphoric ester groups is 1. The largest absolute Gasteiger partial charge is 0.472 e. The zero-order valence-electron chi connectivity index (χ0n) is 35.0. The van der Waals surface area contributed by atoms with Gasteiger partial charge in [-0.15, -0.1) is 0 Å². The fourth-order valence-corrected chi connectivity index (χ4v) is 6.51. The number of esters is 2. The third-order valence-electron chi connectivity index (χ3n) is 9.20. The van der Waals surface area contributed by atoms with Gasteiger partial charge in [0.05, 0.1) is 27.7 Å². The van der Waals surface area contributed by atoms with Crippen LogP contribution in [0.3, 0.4) is 0 Å². The van der Waals surface area contributed by atoms with Crippen LogP contribution in [-0.2, 0) is 32.7 Å². The van der Waals surface area contributed by atoms with E-state index in [1.807, 2.05) is 21.1 Å². The van der Waals surface area contributed by atoms with E-state index in [0.29, 0.717) is 17.4 Å². The summed E-state index contributed by atoms with van der Waals surface area (Å²) >= 11 is 0. The van der Waals surface area contributed by atoms with Crippen LogP contribution in [0.4, 0.5) is 0 Å². The van der Waals surface area contributed by atoms with Gasteiger partial charge in [0, 0.05) is 12.8 Å². The zero-order valence-corrected chi connectivity index (χ0v) is 35.9. The van der Waals surface area contributed by atoms with Gasteiger partial charge in [0.25, 0.3) is 0 Å². The van der Waals surface area contributed by atoms with Crippen LogP contribution < -0.4 is 0 Å². The minimum Gasteiger partial charge on any atom is -0.462 e. The van der Waals surface area contributed by atoms with Crippen molar-refractivity contribution in [2.75, 3.05) is 47.5 Å². The van der Waals surface area contributed by atoms with Crippen molar-refractivity contribution in [1.29, 1.82) is 0 Å². The van der Waals surface area contributed by atoms with E-state index in [-0.39, 0.29) is 32.0 Å². The van der Waals surface area contributed by atoms with Gasteiger partial charge in [-0.3, -0.25) is 18.6 Å². The lowest BCUT2D eigenvalue weighted by atomic mass is 10.1. The number of carbonyl (C=O) groups is 2. The summed E-state index contributed by atoms with van der Waals surface area (Å²) in [5.74, 6) is -0.819. The van der Waals surface area contributed by atoms with Crippen LogP contribution in [0.25, 0.3) is 0 Å². The summed E-state index contributed by atoms with van der Waals surface area (Å²) in [6, 6.07) is 0. The first-order valence-electron chi connectivity index (χ1n) is 21.6. The van der Waals surface area contributed by atoms with Gasteiger partial charge < -0.3 is 18.9 Å².